The molecule has 0 aliphatic carbocycles. The summed E-state index contributed by atoms with van der Waals surface area (Å²) in [6.07, 6.45) is 0.991. The number of aromatic nitrogens is 1. The van der Waals surface area contributed by atoms with Gasteiger partial charge in [-0.25, -0.2) is 0 Å². The van der Waals surface area contributed by atoms with Crippen LogP contribution in [-0.2, 0) is 4.74 Å². The Morgan fingerprint density at radius 3 is 2.67 bits per heavy atom. The van der Waals surface area contributed by atoms with Crippen molar-refractivity contribution in [2.24, 2.45) is 0 Å². The zero-order valence-corrected chi connectivity index (χ0v) is 13.0. The predicted molar refractivity (Wildman–Crippen MR) is 81.4 cm³/mol. The van der Waals surface area contributed by atoms with Gasteiger partial charge in [0, 0.05) is 24.0 Å². The summed E-state index contributed by atoms with van der Waals surface area (Å²) in [6, 6.07) is 1.79. The number of aldehydes is 1. The fourth-order valence-electron chi connectivity index (χ4n) is 2.93. The molecule has 1 aromatic heterocycles. The number of carbonyl (C=O) groups excluding carboxylic acids is 1. The minimum Gasteiger partial charge on any atom is -0.372 e. The Morgan fingerprint density at radius 2 is 2.05 bits per heavy atom. The van der Waals surface area contributed by atoms with Gasteiger partial charge < -0.3 is 14.2 Å². The number of benzene rings is 1. The maximum absolute atomic E-state index is 11.5. The molecule has 0 amide bonds. The molecule has 1 aliphatic rings. The van der Waals surface area contributed by atoms with E-state index in [0.717, 1.165) is 17.4 Å². The molecule has 0 saturated carbocycles. The summed E-state index contributed by atoms with van der Waals surface area (Å²) >= 11 is 6.49. The van der Waals surface area contributed by atoms with E-state index < -0.39 is 0 Å². The molecule has 2 heterocycles. The Kier molecular flexibility index (Phi) is 3.63. The second-order valence-electron chi connectivity index (χ2n) is 5.55. The predicted octanol–water partition coefficient (Wildman–Crippen LogP) is 3.22. The van der Waals surface area contributed by atoms with E-state index in [1.165, 1.54) is 0 Å². The number of hydrogen-bond donors (Lipinski definition) is 0. The standard InChI is InChI=1S/C15H17ClN2O3/c1-8-5-18(6-9(2)20-8)14-11(7-19)4-12-10(3)17-21-15(12)13(14)16/h4,7-9H,5-6H2,1-3H3. The lowest BCUT2D eigenvalue weighted by atomic mass is 10.1. The van der Waals surface area contributed by atoms with Crippen molar-refractivity contribution in [1.82, 2.24) is 5.16 Å². The molecule has 3 rings (SSSR count). The van der Waals surface area contributed by atoms with E-state index >= 15 is 0 Å². The van der Waals surface area contributed by atoms with Gasteiger partial charge in [0.15, 0.2) is 11.9 Å². The molecular formula is C15H17ClN2O3. The number of rotatable bonds is 2. The highest BCUT2D eigenvalue weighted by Gasteiger charge is 2.27. The third-order valence-electron chi connectivity index (χ3n) is 3.75. The molecule has 1 aliphatic heterocycles. The lowest BCUT2D eigenvalue weighted by Gasteiger charge is -2.37. The van der Waals surface area contributed by atoms with Crippen LogP contribution in [0.4, 0.5) is 5.69 Å². The van der Waals surface area contributed by atoms with Gasteiger partial charge in [0.2, 0.25) is 0 Å². The minimum absolute atomic E-state index is 0.0801. The molecule has 0 radical (unpaired) electrons. The molecule has 1 fully saturated rings. The van der Waals surface area contributed by atoms with Crippen molar-refractivity contribution in [1.29, 1.82) is 0 Å². The Labute approximate surface area is 127 Å². The smallest absolute Gasteiger partial charge is 0.187 e. The van der Waals surface area contributed by atoms with Crippen LogP contribution in [0.2, 0.25) is 5.02 Å². The maximum Gasteiger partial charge on any atom is 0.187 e. The number of ether oxygens (including phenoxy) is 1. The van der Waals surface area contributed by atoms with Gasteiger partial charge in [-0.3, -0.25) is 4.79 Å². The van der Waals surface area contributed by atoms with Crippen molar-refractivity contribution in [3.8, 4) is 0 Å². The fourth-order valence-corrected chi connectivity index (χ4v) is 3.30. The average molecular weight is 309 g/mol. The number of nitrogens with zero attached hydrogens (tertiary/aromatic N) is 2. The van der Waals surface area contributed by atoms with Crippen LogP contribution in [0, 0.1) is 6.92 Å². The van der Waals surface area contributed by atoms with Crippen LogP contribution in [0.25, 0.3) is 11.0 Å². The van der Waals surface area contributed by atoms with Crippen molar-refractivity contribution < 1.29 is 14.1 Å². The number of aryl methyl sites for hydroxylation is 1. The maximum atomic E-state index is 11.5. The molecule has 2 aromatic rings. The fraction of sp³-hybridized carbons (Fsp3) is 0.467. The lowest BCUT2D eigenvalue weighted by molar-refractivity contribution is -0.00524. The van der Waals surface area contributed by atoms with Gasteiger partial charge in [-0.15, -0.1) is 0 Å². The third-order valence-corrected chi connectivity index (χ3v) is 4.10. The van der Waals surface area contributed by atoms with Gasteiger partial charge in [0.25, 0.3) is 0 Å². The van der Waals surface area contributed by atoms with Crippen molar-refractivity contribution >= 4 is 34.5 Å². The molecule has 0 bridgehead atoms. The van der Waals surface area contributed by atoms with Gasteiger partial charge in [-0.1, -0.05) is 16.8 Å². The van der Waals surface area contributed by atoms with Crippen LogP contribution in [0.1, 0.15) is 29.9 Å². The Bertz CT molecular complexity index is 688. The molecule has 2 unspecified atom stereocenters. The van der Waals surface area contributed by atoms with E-state index in [-0.39, 0.29) is 12.2 Å². The number of halogens is 1. The molecule has 2 atom stereocenters. The van der Waals surface area contributed by atoms with Crippen LogP contribution in [0.3, 0.4) is 0 Å². The van der Waals surface area contributed by atoms with E-state index in [1.807, 2.05) is 20.8 Å². The van der Waals surface area contributed by atoms with Crippen LogP contribution in [0.15, 0.2) is 10.6 Å². The summed E-state index contributed by atoms with van der Waals surface area (Å²) in [4.78, 5) is 13.6. The summed E-state index contributed by atoms with van der Waals surface area (Å²) < 4.78 is 11.0. The first kappa shape index (κ1) is 14.4. The number of hydrogen-bond acceptors (Lipinski definition) is 5. The summed E-state index contributed by atoms with van der Waals surface area (Å²) in [5, 5.41) is 5.15. The summed E-state index contributed by atoms with van der Waals surface area (Å²) in [6.45, 7) is 7.21. The molecule has 1 saturated heterocycles. The normalized spacial score (nSPS) is 22.8. The van der Waals surface area contributed by atoms with Gasteiger partial charge in [-0.05, 0) is 26.8 Å². The SMILES string of the molecule is Cc1noc2c(Cl)c(N3CC(C)OC(C)C3)c(C=O)cc12. The third kappa shape index (κ3) is 2.40. The highest BCUT2D eigenvalue weighted by Crippen LogP contribution is 2.38. The van der Waals surface area contributed by atoms with E-state index in [9.17, 15) is 4.79 Å². The molecular weight excluding hydrogens is 292 g/mol. The topological polar surface area (TPSA) is 55.6 Å². The van der Waals surface area contributed by atoms with Gasteiger partial charge >= 0.3 is 0 Å². The number of fused-ring (bicyclic) bond motifs is 1. The zero-order valence-electron chi connectivity index (χ0n) is 12.2. The van der Waals surface area contributed by atoms with Crippen molar-refractivity contribution in [2.75, 3.05) is 18.0 Å². The van der Waals surface area contributed by atoms with Crippen molar-refractivity contribution in [2.45, 2.75) is 33.0 Å². The molecule has 1 aromatic carbocycles. The van der Waals surface area contributed by atoms with Crippen molar-refractivity contribution in [3.05, 3.63) is 22.3 Å². The van der Waals surface area contributed by atoms with Crippen molar-refractivity contribution in [3.63, 3.8) is 0 Å². The summed E-state index contributed by atoms with van der Waals surface area (Å²) in [5.74, 6) is 0. The number of carbonyl (C=O) groups is 1. The number of anilines is 1. The lowest BCUT2D eigenvalue weighted by Crippen LogP contribution is -2.46. The molecule has 112 valence electrons. The second-order valence-corrected chi connectivity index (χ2v) is 5.93. The van der Waals surface area contributed by atoms with Crippen LogP contribution < -0.4 is 4.90 Å². The van der Waals surface area contributed by atoms with Crippen LogP contribution >= 0.6 is 11.6 Å². The zero-order chi connectivity index (χ0) is 15.1. The van der Waals surface area contributed by atoms with Gasteiger partial charge in [0.1, 0.15) is 5.02 Å². The van der Waals surface area contributed by atoms with Gasteiger partial charge in [-0.2, -0.15) is 0 Å². The first-order valence-electron chi connectivity index (χ1n) is 6.95. The Morgan fingerprint density at radius 1 is 1.38 bits per heavy atom. The quantitative estimate of drug-likeness (QED) is 0.797. The first-order chi connectivity index (χ1) is 10.0. The van der Waals surface area contributed by atoms with E-state index in [2.05, 4.69) is 10.1 Å². The highest BCUT2D eigenvalue weighted by atomic mass is 35.5. The highest BCUT2D eigenvalue weighted by molar-refractivity contribution is 6.38. The molecule has 0 N–H and O–H groups in total. The van der Waals surface area contributed by atoms with Gasteiger partial charge in [0.05, 0.1) is 23.6 Å². The summed E-state index contributed by atoms with van der Waals surface area (Å²) in [5.41, 5.74) is 2.52. The largest absolute Gasteiger partial charge is 0.372 e. The second kappa shape index (κ2) is 5.31. The molecule has 5 nitrogen and oxygen atoms in total. The molecule has 6 heteroatoms. The molecule has 21 heavy (non-hydrogen) atoms. The Balaban J connectivity index is 2.16. The van der Waals surface area contributed by atoms with Crippen LogP contribution in [-0.4, -0.2) is 36.7 Å². The first-order valence-corrected chi connectivity index (χ1v) is 7.33. The van der Waals surface area contributed by atoms with E-state index in [1.54, 1.807) is 6.07 Å². The monoisotopic (exact) mass is 308 g/mol. The summed E-state index contributed by atoms with van der Waals surface area (Å²) in [7, 11) is 0. The van der Waals surface area contributed by atoms with E-state index in [0.29, 0.717) is 34.9 Å². The molecule has 0 spiro atoms. The number of morpholine rings is 1. The van der Waals surface area contributed by atoms with E-state index in [4.69, 9.17) is 20.9 Å². The van der Waals surface area contributed by atoms with Crippen LogP contribution in [0.5, 0.6) is 0 Å². The average Bonchev–Trinajstić information content (AvgIpc) is 2.79. The minimum atomic E-state index is 0.0801. The Hall–Kier alpha value is -1.59.